The number of rotatable bonds is 9. The highest BCUT2D eigenvalue weighted by molar-refractivity contribution is 6.02. The number of ketones is 1. The summed E-state index contributed by atoms with van der Waals surface area (Å²) in [6.45, 7) is -0.465. The number of hydrogen-bond donors (Lipinski definition) is 0. The maximum atomic E-state index is 13.3. The summed E-state index contributed by atoms with van der Waals surface area (Å²) < 4.78 is 47.3. The molecular weight excluding hydrogens is 526 g/mol. The average Bonchev–Trinajstić information content (AvgIpc) is 2.96. The summed E-state index contributed by atoms with van der Waals surface area (Å²) in [7, 11) is 1.25. The minimum Gasteiger partial charge on any atom is -0.485 e. The normalized spacial score (nSPS) is 10.4. The number of Topliss-reactive ketones (excluding diaryl/α,β-unsaturated/α-hetero) is 1. The van der Waals surface area contributed by atoms with Crippen molar-refractivity contribution >= 4 is 23.7 Å². The van der Waals surface area contributed by atoms with Crippen molar-refractivity contribution in [3.63, 3.8) is 0 Å². The Morgan fingerprint density at radius 2 is 1.07 bits per heavy atom. The van der Waals surface area contributed by atoms with E-state index in [0.717, 1.165) is 24.3 Å². The van der Waals surface area contributed by atoms with Gasteiger partial charge in [-0.25, -0.2) is 23.2 Å². The molecule has 4 rings (SSSR count). The van der Waals surface area contributed by atoms with Gasteiger partial charge in [0.05, 0.1) is 29.4 Å². The smallest absolute Gasteiger partial charge is 0.343 e. The van der Waals surface area contributed by atoms with E-state index in [1.54, 1.807) is 0 Å². The predicted octanol–water partition coefficient (Wildman–Crippen LogP) is 5.45. The Labute approximate surface area is 226 Å². The van der Waals surface area contributed by atoms with Crippen LogP contribution in [0.4, 0.5) is 8.78 Å². The third kappa shape index (κ3) is 6.93. The minimum atomic E-state index is -0.893. The molecule has 0 aliphatic heterocycles. The molecule has 0 aromatic heterocycles. The van der Waals surface area contributed by atoms with Crippen LogP contribution in [0.3, 0.4) is 0 Å². The van der Waals surface area contributed by atoms with Gasteiger partial charge in [-0.1, -0.05) is 0 Å². The highest BCUT2D eigenvalue weighted by Crippen LogP contribution is 2.28. The summed E-state index contributed by atoms with van der Waals surface area (Å²) in [5.41, 5.74) is 0.304. The molecule has 0 aliphatic carbocycles. The van der Waals surface area contributed by atoms with Gasteiger partial charge < -0.3 is 18.9 Å². The first-order valence-electron chi connectivity index (χ1n) is 11.7. The Bertz CT molecular complexity index is 1550. The number of hydrogen-bond acceptors (Lipinski definition) is 8. The Morgan fingerprint density at radius 1 is 0.600 bits per heavy atom. The summed E-state index contributed by atoms with van der Waals surface area (Å²) in [4.78, 5) is 49.8. The Balaban J connectivity index is 1.55. The molecule has 8 nitrogen and oxygen atoms in total. The first kappa shape index (κ1) is 27.6. The van der Waals surface area contributed by atoms with E-state index >= 15 is 0 Å². The lowest BCUT2D eigenvalue weighted by molar-refractivity contribution is 0.0599. The van der Waals surface area contributed by atoms with Gasteiger partial charge in [-0.15, -0.1) is 0 Å². The van der Waals surface area contributed by atoms with E-state index in [0.29, 0.717) is 5.56 Å². The zero-order valence-electron chi connectivity index (χ0n) is 20.9. The summed E-state index contributed by atoms with van der Waals surface area (Å²) in [5.74, 6) is -3.93. The van der Waals surface area contributed by atoms with Crippen molar-refractivity contribution in [1.82, 2.24) is 0 Å². The maximum absolute atomic E-state index is 13.3. The molecule has 4 aromatic rings. The number of benzene rings is 4. The van der Waals surface area contributed by atoms with E-state index in [9.17, 15) is 28.0 Å². The summed E-state index contributed by atoms with van der Waals surface area (Å²) >= 11 is 0. The average molecular weight is 546 g/mol. The van der Waals surface area contributed by atoms with Gasteiger partial charge in [0.2, 0.25) is 5.78 Å². The van der Waals surface area contributed by atoms with Crippen molar-refractivity contribution in [1.29, 1.82) is 0 Å². The molecule has 10 heteroatoms. The van der Waals surface area contributed by atoms with Crippen molar-refractivity contribution in [3.8, 4) is 17.2 Å². The lowest BCUT2D eigenvalue weighted by Gasteiger charge is -2.13. The van der Waals surface area contributed by atoms with Crippen LogP contribution in [0, 0.1) is 11.6 Å². The predicted molar refractivity (Wildman–Crippen MR) is 137 cm³/mol. The second kappa shape index (κ2) is 12.4. The molecule has 0 spiro atoms. The molecule has 0 aliphatic rings. The fraction of sp³-hybridized carbons (Fsp3) is 0.0667. The molecular formula is C30H20F2O8. The zero-order valence-corrected chi connectivity index (χ0v) is 20.9. The molecule has 0 bridgehead atoms. The third-order valence-electron chi connectivity index (χ3n) is 5.47. The topological polar surface area (TPSA) is 105 Å². The van der Waals surface area contributed by atoms with Crippen LogP contribution in [0.25, 0.3) is 0 Å². The van der Waals surface area contributed by atoms with Gasteiger partial charge in [-0.2, -0.15) is 0 Å². The van der Waals surface area contributed by atoms with E-state index in [1.165, 1.54) is 73.8 Å². The lowest BCUT2D eigenvalue weighted by atomic mass is 10.1. The van der Waals surface area contributed by atoms with Crippen LogP contribution in [0.2, 0.25) is 0 Å². The van der Waals surface area contributed by atoms with Crippen molar-refractivity contribution in [3.05, 3.63) is 125 Å². The van der Waals surface area contributed by atoms with E-state index in [4.69, 9.17) is 14.2 Å². The lowest BCUT2D eigenvalue weighted by Crippen LogP contribution is -2.16. The highest BCUT2D eigenvalue weighted by atomic mass is 19.1. The van der Waals surface area contributed by atoms with Crippen molar-refractivity contribution in [2.75, 3.05) is 13.7 Å². The quantitative estimate of drug-likeness (QED) is 0.155. The van der Waals surface area contributed by atoms with E-state index in [-0.39, 0.29) is 33.9 Å². The Morgan fingerprint density at radius 3 is 1.62 bits per heavy atom. The molecule has 0 atom stereocenters. The second-order valence-corrected chi connectivity index (χ2v) is 8.18. The molecule has 0 unspecified atom stereocenters. The molecule has 0 N–H and O–H groups in total. The number of esters is 3. The molecule has 202 valence electrons. The van der Waals surface area contributed by atoms with Gasteiger partial charge in [-0.3, -0.25) is 4.79 Å². The first-order valence-corrected chi connectivity index (χ1v) is 11.7. The third-order valence-corrected chi connectivity index (χ3v) is 5.47. The largest absolute Gasteiger partial charge is 0.485 e. The Hall–Kier alpha value is -5.38. The summed E-state index contributed by atoms with van der Waals surface area (Å²) in [5, 5.41) is 0. The van der Waals surface area contributed by atoms with E-state index in [1.807, 2.05) is 0 Å². The van der Waals surface area contributed by atoms with Crippen LogP contribution in [0.15, 0.2) is 91.0 Å². The number of halogens is 2. The Kier molecular flexibility index (Phi) is 8.60. The fourth-order valence-electron chi connectivity index (χ4n) is 3.41. The second-order valence-electron chi connectivity index (χ2n) is 8.18. The number of ether oxygens (including phenoxy) is 4. The van der Waals surface area contributed by atoms with E-state index < -0.39 is 41.9 Å². The van der Waals surface area contributed by atoms with Gasteiger partial charge in [0.25, 0.3) is 0 Å². The standard InChI is InChI=1S/C30H20F2O8/c1-37-28(34)18-6-12-23(13-7-18)38-17-26(33)25-15-14-24(39-29(35)19-2-8-21(31)9-3-19)16-27(25)40-30(36)20-4-10-22(32)11-5-20/h2-16H,17H2,1H3. The van der Waals surface area contributed by atoms with Gasteiger partial charge in [-0.05, 0) is 84.9 Å². The fourth-order valence-corrected chi connectivity index (χ4v) is 3.41. The van der Waals surface area contributed by atoms with Crippen LogP contribution in [0.5, 0.6) is 17.2 Å². The molecule has 0 fully saturated rings. The number of methoxy groups -OCH3 is 1. The summed E-state index contributed by atoms with van der Waals surface area (Å²) in [6, 6.07) is 18.9. The van der Waals surface area contributed by atoms with Gasteiger partial charge in [0.1, 0.15) is 28.9 Å². The molecule has 4 aromatic carbocycles. The zero-order chi connectivity index (χ0) is 28.6. The van der Waals surface area contributed by atoms with E-state index in [2.05, 4.69) is 4.74 Å². The monoisotopic (exact) mass is 546 g/mol. The maximum Gasteiger partial charge on any atom is 0.343 e. The van der Waals surface area contributed by atoms with Gasteiger partial charge >= 0.3 is 17.9 Å². The molecule has 0 heterocycles. The summed E-state index contributed by atoms with van der Waals surface area (Å²) in [6.07, 6.45) is 0. The molecule has 40 heavy (non-hydrogen) atoms. The minimum absolute atomic E-state index is 0.00968. The van der Waals surface area contributed by atoms with Crippen LogP contribution >= 0.6 is 0 Å². The highest BCUT2D eigenvalue weighted by Gasteiger charge is 2.20. The van der Waals surface area contributed by atoms with Crippen LogP contribution < -0.4 is 14.2 Å². The van der Waals surface area contributed by atoms with Gasteiger partial charge in [0, 0.05) is 6.07 Å². The van der Waals surface area contributed by atoms with Crippen molar-refractivity contribution in [2.24, 2.45) is 0 Å². The number of carbonyl (C=O) groups is 4. The van der Waals surface area contributed by atoms with Gasteiger partial charge in [0.15, 0.2) is 6.61 Å². The van der Waals surface area contributed by atoms with Crippen LogP contribution in [-0.4, -0.2) is 37.4 Å². The number of carbonyl (C=O) groups excluding carboxylic acids is 4. The molecule has 0 amide bonds. The van der Waals surface area contributed by atoms with Crippen molar-refractivity contribution < 1.29 is 46.9 Å². The van der Waals surface area contributed by atoms with Crippen LogP contribution in [-0.2, 0) is 4.74 Å². The van der Waals surface area contributed by atoms with Crippen LogP contribution in [0.1, 0.15) is 41.4 Å². The molecule has 0 radical (unpaired) electrons. The van der Waals surface area contributed by atoms with Crippen molar-refractivity contribution in [2.45, 2.75) is 0 Å². The first-order chi connectivity index (χ1) is 19.2. The SMILES string of the molecule is COC(=O)c1ccc(OCC(=O)c2ccc(OC(=O)c3ccc(F)cc3)cc2OC(=O)c2ccc(F)cc2)cc1. The molecule has 0 saturated carbocycles. The molecule has 0 saturated heterocycles.